The number of hydrogen-bond donors (Lipinski definition) is 1. The zero-order valence-electron chi connectivity index (χ0n) is 12.7. The van der Waals surface area contributed by atoms with Crippen LogP contribution in [0.3, 0.4) is 0 Å². The molecule has 2 aromatic heterocycles. The fourth-order valence-corrected chi connectivity index (χ4v) is 2.85. The van der Waals surface area contributed by atoms with Gasteiger partial charge in [-0.15, -0.1) is 11.3 Å². The summed E-state index contributed by atoms with van der Waals surface area (Å²) < 4.78 is 6.04. The number of hydrogen-bond acceptors (Lipinski definition) is 6. The molecule has 0 radical (unpaired) electrons. The van der Waals surface area contributed by atoms with E-state index in [1.165, 1.54) is 29.0 Å². The summed E-state index contributed by atoms with van der Waals surface area (Å²) in [7, 11) is 1.25. The average molecular weight is 323 g/mol. The van der Waals surface area contributed by atoms with Crippen LogP contribution in [0.25, 0.3) is 4.96 Å². The van der Waals surface area contributed by atoms with Gasteiger partial charge in [0.25, 0.3) is 11.5 Å². The number of aromatic nitrogens is 2. The molecule has 0 aliphatic rings. The van der Waals surface area contributed by atoms with E-state index < -0.39 is 23.5 Å². The van der Waals surface area contributed by atoms with E-state index in [0.717, 1.165) is 0 Å². The third-order valence-electron chi connectivity index (χ3n) is 3.27. The van der Waals surface area contributed by atoms with E-state index in [1.54, 1.807) is 26.2 Å². The molecule has 1 amide bonds. The van der Waals surface area contributed by atoms with Gasteiger partial charge in [0.2, 0.25) is 0 Å². The van der Waals surface area contributed by atoms with Gasteiger partial charge in [-0.05, 0) is 12.8 Å². The van der Waals surface area contributed by atoms with Gasteiger partial charge in [0.05, 0.1) is 7.11 Å². The Balaban J connectivity index is 2.37. The lowest BCUT2D eigenvalue weighted by molar-refractivity contribution is -0.144. The van der Waals surface area contributed by atoms with Crippen LogP contribution in [0.4, 0.5) is 0 Å². The number of nitrogens with zero attached hydrogens (tertiary/aromatic N) is 2. The lowest BCUT2D eigenvalue weighted by Crippen LogP contribution is -2.46. The molecular weight excluding hydrogens is 306 g/mol. The normalized spacial score (nSPS) is 12.4. The Hall–Kier alpha value is -2.22. The fourth-order valence-electron chi connectivity index (χ4n) is 2.02. The van der Waals surface area contributed by atoms with E-state index in [1.807, 2.05) is 0 Å². The zero-order chi connectivity index (χ0) is 16.4. The molecule has 0 fully saturated rings. The summed E-state index contributed by atoms with van der Waals surface area (Å²) in [4.78, 5) is 41.0. The molecule has 0 saturated heterocycles. The maximum atomic E-state index is 12.4. The van der Waals surface area contributed by atoms with Crippen molar-refractivity contribution in [3.8, 4) is 0 Å². The number of esters is 1. The minimum atomic E-state index is -0.818. The molecule has 0 aliphatic carbocycles. The van der Waals surface area contributed by atoms with Crippen LogP contribution < -0.4 is 10.9 Å². The molecule has 2 heterocycles. The first-order valence-corrected chi connectivity index (χ1v) is 7.59. The molecule has 0 unspecified atom stereocenters. The summed E-state index contributed by atoms with van der Waals surface area (Å²) in [6.07, 6.45) is 1.23. The number of thiazole rings is 1. The lowest BCUT2D eigenvalue weighted by atomic mass is 10.0. The summed E-state index contributed by atoms with van der Waals surface area (Å²) in [6, 6.07) is -0.818. The van der Waals surface area contributed by atoms with Crippen LogP contribution in [0.15, 0.2) is 16.4 Å². The van der Waals surface area contributed by atoms with Crippen molar-refractivity contribution in [1.82, 2.24) is 14.7 Å². The highest BCUT2D eigenvalue weighted by Crippen LogP contribution is 2.11. The van der Waals surface area contributed by atoms with E-state index in [4.69, 9.17) is 0 Å². The summed E-state index contributed by atoms with van der Waals surface area (Å²) in [6.45, 7) is 5.32. The maximum absolute atomic E-state index is 12.4. The van der Waals surface area contributed by atoms with Crippen molar-refractivity contribution < 1.29 is 14.3 Å². The number of ether oxygens (including phenoxy) is 1. The van der Waals surface area contributed by atoms with Crippen molar-refractivity contribution in [3.63, 3.8) is 0 Å². The number of amides is 1. The first kappa shape index (κ1) is 16.2. The quantitative estimate of drug-likeness (QED) is 0.848. The molecule has 8 heteroatoms. The summed E-state index contributed by atoms with van der Waals surface area (Å²) in [5, 5.41) is 4.33. The highest BCUT2D eigenvalue weighted by Gasteiger charge is 2.26. The molecule has 118 valence electrons. The highest BCUT2D eigenvalue weighted by molar-refractivity contribution is 7.15. The molecule has 1 atom stereocenters. The predicted molar refractivity (Wildman–Crippen MR) is 82.2 cm³/mol. The van der Waals surface area contributed by atoms with Crippen LogP contribution in [0, 0.1) is 12.8 Å². The van der Waals surface area contributed by atoms with Gasteiger partial charge in [-0.25, -0.2) is 9.78 Å². The molecule has 0 aromatic carbocycles. The smallest absolute Gasteiger partial charge is 0.328 e. The number of carbonyl (C=O) groups is 2. The minimum absolute atomic E-state index is 0.103. The molecule has 0 aliphatic heterocycles. The van der Waals surface area contributed by atoms with Crippen LogP contribution in [0.5, 0.6) is 0 Å². The average Bonchev–Trinajstić information content (AvgIpc) is 2.86. The Morgan fingerprint density at radius 1 is 1.41 bits per heavy atom. The van der Waals surface area contributed by atoms with E-state index in [9.17, 15) is 14.4 Å². The van der Waals surface area contributed by atoms with E-state index in [2.05, 4.69) is 15.0 Å². The van der Waals surface area contributed by atoms with Crippen molar-refractivity contribution in [1.29, 1.82) is 0 Å². The zero-order valence-corrected chi connectivity index (χ0v) is 13.6. The second kappa shape index (κ2) is 6.27. The fraction of sp³-hybridized carbons (Fsp3) is 0.429. The van der Waals surface area contributed by atoms with Gasteiger partial charge in [0.1, 0.15) is 11.6 Å². The van der Waals surface area contributed by atoms with Crippen LogP contribution in [0.1, 0.15) is 29.9 Å². The molecule has 7 nitrogen and oxygen atoms in total. The molecule has 22 heavy (non-hydrogen) atoms. The Bertz CT molecular complexity index is 778. The number of nitrogens with one attached hydrogen (secondary N) is 1. The number of rotatable bonds is 4. The molecule has 2 rings (SSSR count). The predicted octanol–water partition coefficient (Wildman–Crippen LogP) is 0.992. The topological polar surface area (TPSA) is 89.8 Å². The second-order valence-electron chi connectivity index (χ2n) is 5.19. The standard InChI is InChI=1S/C14H17N3O4S/c1-7(2)10(13(20)21-4)16-11(18)9-5-15-14-17(12(9)19)8(3)6-22-14/h5-7,10H,1-4H3,(H,16,18)/t10-/m0/s1. The van der Waals surface area contributed by atoms with E-state index in [0.29, 0.717) is 10.7 Å². The first-order chi connectivity index (χ1) is 10.4. The van der Waals surface area contributed by atoms with Crippen molar-refractivity contribution in [2.75, 3.05) is 7.11 Å². The largest absolute Gasteiger partial charge is 0.467 e. The minimum Gasteiger partial charge on any atom is -0.467 e. The van der Waals surface area contributed by atoms with Crippen LogP contribution in [-0.2, 0) is 9.53 Å². The summed E-state index contributed by atoms with van der Waals surface area (Å²) in [5.41, 5.74) is 0.155. The Labute approximate surface area is 130 Å². The van der Waals surface area contributed by atoms with Gasteiger partial charge >= 0.3 is 5.97 Å². The number of aryl methyl sites for hydroxylation is 1. The van der Waals surface area contributed by atoms with Gasteiger partial charge in [-0.1, -0.05) is 13.8 Å². The lowest BCUT2D eigenvalue weighted by Gasteiger charge is -2.19. The highest BCUT2D eigenvalue weighted by atomic mass is 32.1. The molecule has 0 saturated carbocycles. The van der Waals surface area contributed by atoms with Crippen molar-refractivity contribution in [2.45, 2.75) is 26.8 Å². The van der Waals surface area contributed by atoms with Gasteiger partial charge in [0, 0.05) is 17.3 Å². The maximum Gasteiger partial charge on any atom is 0.328 e. The number of methoxy groups -OCH3 is 1. The van der Waals surface area contributed by atoms with E-state index >= 15 is 0 Å². The Kier molecular flexibility index (Phi) is 4.60. The monoisotopic (exact) mass is 323 g/mol. The van der Waals surface area contributed by atoms with Crippen molar-refractivity contribution >= 4 is 28.2 Å². The molecular formula is C14H17N3O4S. The third-order valence-corrected chi connectivity index (χ3v) is 4.23. The summed E-state index contributed by atoms with van der Waals surface area (Å²) >= 11 is 1.32. The molecule has 1 N–H and O–H groups in total. The van der Waals surface area contributed by atoms with E-state index in [-0.39, 0.29) is 11.5 Å². The third kappa shape index (κ3) is 2.87. The number of fused-ring (bicyclic) bond motifs is 1. The Morgan fingerprint density at radius 2 is 2.09 bits per heavy atom. The van der Waals surface area contributed by atoms with Gasteiger partial charge in [-0.3, -0.25) is 14.0 Å². The van der Waals surface area contributed by atoms with Crippen molar-refractivity contribution in [2.24, 2.45) is 5.92 Å². The molecule has 0 bridgehead atoms. The van der Waals surface area contributed by atoms with Crippen LogP contribution in [-0.4, -0.2) is 34.4 Å². The Morgan fingerprint density at radius 3 is 2.68 bits per heavy atom. The summed E-state index contributed by atoms with van der Waals surface area (Å²) in [5.74, 6) is -1.36. The number of carbonyl (C=O) groups excluding carboxylic acids is 2. The second-order valence-corrected chi connectivity index (χ2v) is 6.03. The van der Waals surface area contributed by atoms with Gasteiger partial charge in [0.15, 0.2) is 4.96 Å². The molecule has 0 spiro atoms. The van der Waals surface area contributed by atoms with Gasteiger partial charge < -0.3 is 10.1 Å². The van der Waals surface area contributed by atoms with Crippen molar-refractivity contribution in [3.05, 3.63) is 33.2 Å². The van der Waals surface area contributed by atoms with Crippen LogP contribution >= 0.6 is 11.3 Å². The SMILES string of the molecule is COC(=O)[C@@H](NC(=O)c1cnc2scc(C)n2c1=O)C(C)C. The first-order valence-electron chi connectivity index (χ1n) is 6.71. The van der Waals surface area contributed by atoms with Crippen LogP contribution in [0.2, 0.25) is 0 Å². The van der Waals surface area contributed by atoms with Gasteiger partial charge in [-0.2, -0.15) is 0 Å². The molecule has 2 aromatic rings.